The Kier molecular flexibility index (Phi) is 6.60. The summed E-state index contributed by atoms with van der Waals surface area (Å²) in [4.78, 5) is 2.22. The minimum absolute atomic E-state index is 0.972. The SMILES string of the molecule is CCc1ccc(CSC(=S)N(CC)CC)cc1. The lowest BCUT2D eigenvalue weighted by Crippen LogP contribution is -2.26. The molecule has 0 saturated carbocycles. The lowest BCUT2D eigenvalue weighted by atomic mass is 10.1. The molecule has 0 fully saturated rings. The second kappa shape index (κ2) is 7.72. The molecule has 0 unspecified atom stereocenters. The van der Waals surface area contributed by atoms with E-state index in [-0.39, 0.29) is 0 Å². The largest absolute Gasteiger partial charge is 0.358 e. The van der Waals surface area contributed by atoms with Gasteiger partial charge in [-0.1, -0.05) is 55.2 Å². The highest BCUT2D eigenvalue weighted by Crippen LogP contribution is 2.17. The van der Waals surface area contributed by atoms with E-state index in [2.05, 4.69) is 49.9 Å². The number of rotatable bonds is 5. The van der Waals surface area contributed by atoms with Gasteiger partial charge in [0.15, 0.2) is 0 Å². The quantitative estimate of drug-likeness (QED) is 0.739. The van der Waals surface area contributed by atoms with Gasteiger partial charge in [0, 0.05) is 18.8 Å². The van der Waals surface area contributed by atoms with Gasteiger partial charge in [-0.2, -0.15) is 0 Å². The Morgan fingerprint density at radius 2 is 1.59 bits per heavy atom. The summed E-state index contributed by atoms with van der Waals surface area (Å²) >= 11 is 7.17. The summed E-state index contributed by atoms with van der Waals surface area (Å²) in [6, 6.07) is 8.82. The lowest BCUT2D eigenvalue weighted by molar-refractivity contribution is 0.482. The van der Waals surface area contributed by atoms with Crippen molar-refractivity contribution in [1.82, 2.24) is 4.90 Å². The molecule has 17 heavy (non-hydrogen) atoms. The Bertz CT molecular complexity index is 342. The van der Waals surface area contributed by atoms with Gasteiger partial charge in [0.2, 0.25) is 0 Å². The van der Waals surface area contributed by atoms with E-state index in [1.807, 2.05) is 0 Å². The minimum Gasteiger partial charge on any atom is -0.358 e. The van der Waals surface area contributed by atoms with Gasteiger partial charge in [0.05, 0.1) is 0 Å². The van der Waals surface area contributed by atoms with E-state index in [0.717, 1.165) is 29.6 Å². The molecule has 0 aliphatic rings. The molecule has 1 aromatic rings. The van der Waals surface area contributed by atoms with Crippen LogP contribution in [0.4, 0.5) is 0 Å². The van der Waals surface area contributed by atoms with Crippen molar-refractivity contribution in [3.05, 3.63) is 35.4 Å². The number of thioether (sulfide) groups is 1. The molecule has 0 bridgehead atoms. The van der Waals surface area contributed by atoms with Crippen LogP contribution >= 0.6 is 24.0 Å². The third-order valence-electron chi connectivity index (χ3n) is 2.82. The molecule has 0 heterocycles. The highest BCUT2D eigenvalue weighted by atomic mass is 32.2. The molecule has 1 nitrogen and oxygen atoms in total. The number of hydrogen-bond acceptors (Lipinski definition) is 2. The Morgan fingerprint density at radius 1 is 1.06 bits per heavy atom. The van der Waals surface area contributed by atoms with Gasteiger partial charge in [-0.05, 0) is 31.4 Å². The van der Waals surface area contributed by atoms with Gasteiger partial charge < -0.3 is 4.90 Å². The van der Waals surface area contributed by atoms with E-state index in [0.29, 0.717) is 0 Å². The number of aryl methyl sites for hydroxylation is 1. The highest BCUT2D eigenvalue weighted by molar-refractivity contribution is 8.22. The van der Waals surface area contributed by atoms with Crippen molar-refractivity contribution in [2.24, 2.45) is 0 Å². The lowest BCUT2D eigenvalue weighted by Gasteiger charge is -2.20. The average Bonchev–Trinajstić information content (AvgIpc) is 2.38. The second-order valence-electron chi connectivity index (χ2n) is 3.90. The monoisotopic (exact) mass is 267 g/mol. The summed E-state index contributed by atoms with van der Waals surface area (Å²) in [6.45, 7) is 8.46. The van der Waals surface area contributed by atoms with Crippen molar-refractivity contribution in [1.29, 1.82) is 0 Å². The molecular formula is C14H21NS2. The van der Waals surface area contributed by atoms with Crippen molar-refractivity contribution in [2.45, 2.75) is 32.9 Å². The Hall–Kier alpha value is -0.540. The van der Waals surface area contributed by atoms with E-state index in [1.54, 1.807) is 11.8 Å². The fourth-order valence-corrected chi connectivity index (χ4v) is 2.95. The number of nitrogens with zero attached hydrogens (tertiary/aromatic N) is 1. The van der Waals surface area contributed by atoms with Crippen LogP contribution < -0.4 is 0 Å². The first kappa shape index (κ1) is 14.5. The molecular weight excluding hydrogens is 246 g/mol. The van der Waals surface area contributed by atoms with E-state index in [1.165, 1.54) is 11.1 Å². The zero-order valence-corrected chi connectivity index (χ0v) is 12.5. The molecule has 0 spiro atoms. The van der Waals surface area contributed by atoms with Crippen molar-refractivity contribution < 1.29 is 0 Å². The van der Waals surface area contributed by atoms with Gasteiger partial charge in [0.1, 0.15) is 4.32 Å². The fraction of sp³-hybridized carbons (Fsp3) is 0.500. The maximum atomic E-state index is 5.41. The van der Waals surface area contributed by atoms with Gasteiger partial charge in [-0.25, -0.2) is 0 Å². The maximum Gasteiger partial charge on any atom is 0.136 e. The Labute approximate surface area is 115 Å². The summed E-state index contributed by atoms with van der Waals surface area (Å²) in [5.41, 5.74) is 2.74. The first-order valence-corrected chi connectivity index (χ1v) is 7.60. The smallest absolute Gasteiger partial charge is 0.136 e. The molecule has 1 rings (SSSR count). The summed E-state index contributed by atoms with van der Waals surface area (Å²) in [7, 11) is 0. The van der Waals surface area contributed by atoms with Crippen LogP contribution in [0.5, 0.6) is 0 Å². The van der Waals surface area contributed by atoms with Gasteiger partial charge in [-0.3, -0.25) is 0 Å². The van der Waals surface area contributed by atoms with Crippen LogP contribution in [0.15, 0.2) is 24.3 Å². The van der Waals surface area contributed by atoms with Crippen molar-refractivity contribution in [2.75, 3.05) is 13.1 Å². The first-order chi connectivity index (χ1) is 8.21. The Balaban J connectivity index is 2.46. The molecule has 94 valence electrons. The average molecular weight is 267 g/mol. The standard InChI is InChI=1S/C14H21NS2/c1-4-12-7-9-13(10-8-12)11-17-14(16)15(5-2)6-3/h7-10H,4-6,11H2,1-3H3. The predicted octanol–water partition coefficient (Wildman–Crippen LogP) is 4.11. The first-order valence-electron chi connectivity index (χ1n) is 6.20. The molecule has 0 aliphatic carbocycles. The van der Waals surface area contributed by atoms with Gasteiger partial charge in [0.25, 0.3) is 0 Å². The summed E-state index contributed by atoms with van der Waals surface area (Å²) < 4.78 is 1.01. The predicted molar refractivity (Wildman–Crippen MR) is 82.6 cm³/mol. The second-order valence-corrected chi connectivity index (χ2v) is 5.51. The topological polar surface area (TPSA) is 3.24 Å². The molecule has 0 aliphatic heterocycles. The molecule has 0 amide bonds. The third kappa shape index (κ3) is 4.68. The van der Waals surface area contributed by atoms with Crippen LogP contribution in [0.25, 0.3) is 0 Å². The number of hydrogen-bond donors (Lipinski definition) is 0. The fourth-order valence-electron chi connectivity index (χ4n) is 1.59. The minimum atomic E-state index is 0.972. The molecule has 0 saturated heterocycles. The zero-order chi connectivity index (χ0) is 12.7. The van der Waals surface area contributed by atoms with E-state index in [9.17, 15) is 0 Å². The van der Waals surface area contributed by atoms with Gasteiger partial charge >= 0.3 is 0 Å². The Morgan fingerprint density at radius 3 is 2.06 bits per heavy atom. The van der Waals surface area contributed by atoms with Crippen molar-refractivity contribution in [3.63, 3.8) is 0 Å². The number of thiocarbonyl (C=S) groups is 1. The van der Waals surface area contributed by atoms with Crippen LogP contribution in [-0.2, 0) is 12.2 Å². The van der Waals surface area contributed by atoms with Crippen LogP contribution in [0.1, 0.15) is 31.9 Å². The third-order valence-corrected chi connectivity index (χ3v) is 4.41. The molecule has 0 atom stereocenters. The van der Waals surface area contributed by atoms with Crippen molar-refractivity contribution in [3.8, 4) is 0 Å². The molecule has 1 aromatic carbocycles. The van der Waals surface area contributed by atoms with Crippen LogP contribution in [-0.4, -0.2) is 22.3 Å². The molecule has 0 N–H and O–H groups in total. The zero-order valence-electron chi connectivity index (χ0n) is 10.9. The van der Waals surface area contributed by atoms with E-state index in [4.69, 9.17) is 12.2 Å². The van der Waals surface area contributed by atoms with Crippen molar-refractivity contribution >= 4 is 28.3 Å². The van der Waals surface area contributed by atoms with E-state index >= 15 is 0 Å². The summed E-state index contributed by atoms with van der Waals surface area (Å²) in [6.07, 6.45) is 1.10. The number of benzene rings is 1. The highest BCUT2D eigenvalue weighted by Gasteiger charge is 2.05. The van der Waals surface area contributed by atoms with E-state index < -0.39 is 0 Å². The normalized spacial score (nSPS) is 10.3. The maximum absolute atomic E-state index is 5.41. The summed E-state index contributed by atoms with van der Waals surface area (Å²) in [5, 5.41) is 0. The van der Waals surface area contributed by atoms with Crippen LogP contribution in [0.2, 0.25) is 0 Å². The van der Waals surface area contributed by atoms with Crippen LogP contribution in [0.3, 0.4) is 0 Å². The molecule has 0 radical (unpaired) electrons. The van der Waals surface area contributed by atoms with Gasteiger partial charge in [-0.15, -0.1) is 0 Å². The summed E-state index contributed by atoms with van der Waals surface area (Å²) in [5.74, 6) is 0.972. The molecule has 0 aromatic heterocycles. The molecule has 3 heteroatoms. The van der Waals surface area contributed by atoms with Crippen LogP contribution in [0, 0.1) is 0 Å².